The van der Waals surface area contributed by atoms with Gasteiger partial charge in [0.1, 0.15) is 11.4 Å². The van der Waals surface area contributed by atoms with Gasteiger partial charge in [-0.2, -0.15) is 5.10 Å². The van der Waals surface area contributed by atoms with E-state index >= 15 is 0 Å². The third-order valence-corrected chi connectivity index (χ3v) is 2.43. The average Bonchev–Trinajstić information content (AvgIpc) is 2.83. The highest BCUT2D eigenvalue weighted by molar-refractivity contribution is 5.92. The van der Waals surface area contributed by atoms with Crippen molar-refractivity contribution < 1.29 is 14.3 Å². The van der Waals surface area contributed by atoms with Crippen molar-refractivity contribution in [2.24, 2.45) is 5.73 Å². The fraction of sp³-hybridized carbons (Fsp3) is 0.0833. The average molecular weight is 245 g/mol. The van der Waals surface area contributed by atoms with Crippen LogP contribution in [0.3, 0.4) is 0 Å². The van der Waals surface area contributed by atoms with E-state index in [4.69, 9.17) is 10.5 Å². The number of carbonyl (C=O) groups is 2. The number of methoxy groups -OCH3 is 1. The molecule has 6 heteroatoms. The Hall–Kier alpha value is -2.63. The van der Waals surface area contributed by atoms with E-state index in [0.717, 1.165) is 0 Å². The molecule has 6 nitrogen and oxygen atoms in total. The topological polar surface area (TPSA) is 87.2 Å². The lowest BCUT2D eigenvalue weighted by molar-refractivity contribution is 0.0995. The van der Waals surface area contributed by atoms with E-state index in [1.807, 2.05) is 0 Å². The van der Waals surface area contributed by atoms with Crippen LogP contribution < -0.4 is 10.5 Å². The summed E-state index contributed by atoms with van der Waals surface area (Å²) in [6.07, 6.45) is 0.615. The van der Waals surface area contributed by atoms with Crippen molar-refractivity contribution >= 4 is 12.2 Å². The number of nitrogens with zero attached hydrogens (tertiary/aromatic N) is 2. The number of nitrogens with two attached hydrogens (primary N) is 1. The van der Waals surface area contributed by atoms with Crippen LogP contribution in [0.2, 0.25) is 0 Å². The van der Waals surface area contributed by atoms with Crippen molar-refractivity contribution in [1.82, 2.24) is 9.78 Å². The van der Waals surface area contributed by atoms with Crippen LogP contribution in [0, 0.1) is 0 Å². The molecule has 0 saturated heterocycles. The number of rotatable bonds is 4. The molecule has 1 aromatic carbocycles. The van der Waals surface area contributed by atoms with Gasteiger partial charge in [0, 0.05) is 6.07 Å². The minimum Gasteiger partial charge on any atom is -0.497 e. The molecule has 0 atom stereocenters. The summed E-state index contributed by atoms with van der Waals surface area (Å²) < 4.78 is 6.39. The van der Waals surface area contributed by atoms with Crippen molar-refractivity contribution in [3.63, 3.8) is 0 Å². The van der Waals surface area contributed by atoms with E-state index in [2.05, 4.69) is 5.10 Å². The summed E-state index contributed by atoms with van der Waals surface area (Å²) in [5.74, 6) is 0.0130. The van der Waals surface area contributed by atoms with Gasteiger partial charge >= 0.3 is 0 Å². The summed E-state index contributed by atoms with van der Waals surface area (Å²) >= 11 is 0. The first-order valence-corrected chi connectivity index (χ1v) is 5.15. The lowest BCUT2D eigenvalue weighted by atomic mass is 10.3. The Morgan fingerprint density at radius 2 is 2.06 bits per heavy atom. The Balaban J connectivity index is 2.48. The molecule has 1 amide bonds. The maximum atomic E-state index is 11.0. The molecule has 0 bridgehead atoms. The van der Waals surface area contributed by atoms with Gasteiger partial charge in [-0.15, -0.1) is 0 Å². The first-order valence-electron chi connectivity index (χ1n) is 5.15. The van der Waals surface area contributed by atoms with Crippen molar-refractivity contribution in [2.45, 2.75) is 0 Å². The second kappa shape index (κ2) is 4.70. The fourth-order valence-electron chi connectivity index (χ4n) is 1.53. The molecule has 1 aromatic heterocycles. The molecule has 2 N–H and O–H groups in total. The molecule has 0 aliphatic carbocycles. The summed E-state index contributed by atoms with van der Waals surface area (Å²) in [7, 11) is 1.56. The molecule has 0 aliphatic rings. The van der Waals surface area contributed by atoms with Crippen LogP contribution in [-0.4, -0.2) is 29.1 Å². The third kappa shape index (κ3) is 2.08. The van der Waals surface area contributed by atoms with Gasteiger partial charge in [-0.3, -0.25) is 9.59 Å². The quantitative estimate of drug-likeness (QED) is 0.807. The number of aldehydes is 1. The zero-order chi connectivity index (χ0) is 13.1. The summed E-state index contributed by atoms with van der Waals surface area (Å²) in [5, 5.41) is 3.98. The molecule has 0 saturated carbocycles. The molecule has 18 heavy (non-hydrogen) atoms. The first-order chi connectivity index (χ1) is 8.65. The summed E-state index contributed by atoms with van der Waals surface area (Å²) in [6, 6.07) is 8.26. The number of hydrogen-bond acceptors (Lipinski definition) is 4. The maximum Gasteiger partial charge on any atom is 0.269 e. The van der Waals surface area contributed by atoms with Gasteiger partial charge in [-0.05, 0) is 24.3 Å². The first kappa shape index (κ1) is 11.8. The number of benzene rings is 1. The van der Waals surface area contributed by atoms with Crippen molar-refractivity contribution in [3.05, 3.63) is 41.7 Å². The zero-order valence-corrected chi connectivity index (χ0v) is 9.66. The number of amides is 1. The molecular weight excluding hydrogens is 234 g/mol. The Bertz CT molecular complexity index is 587. The van der Waals surface area contributed by atoms with E-state index < -0.39 is 5.91 Å². The van der Waals surface area contributed by atoms with Crippen LogP contribution >= 0.6 is 0 Å². The molecule has 92 valence electrons. The van der Waals surface area contributed by atoms with Gasteiger partial charge in [0.2, 0.25) is 0 Å². The highest BCUT2D eigenvalue weighted by Gasteiger charge is 2.12. The van der Waals surface area contributed by atoms with Crippen LogP contribution in [0.25, 0.3) is 5.69 Å². The SMILES string of the molecule is COc1ccc(-n2nc(C(N)=O)cc2C=O)cc1. The van der Waals surface area contributed by atoms with Gasteiger partial charge < -0.3 is 10.5 Å². The molecule has 0 unspecified atom stereocenters. The smallest absolute Gasteiger partial charge is 0.269 e. The monoisotopic (exact) mass is 245 g/mol. The van der Waals surface area contributed by atoms with Gasteiger partial charge in [0.15, 0.2) is 12.0 Å². The molecular formula is C12H11N3O3. The maximum absolute atomic E-state index is 11.0. The van der Waals surface area contributed by atoms with E-state index in [0.29, 0.717) is 17.7 Å². The van der Waals surface area contributed by atoms with Crippen LogP contribution in [0.15, 0.2) is 30.3 Å². The molecule has 2 rings (SSSR count). The Morgan fingerprint density at radius 1 is 1.39 bits per heavy atom. The number of hydrogen-bond donors (Lipinski definition) is 1. The van der Waals surface area contributed by atoms with Crippen LogP contribution in [0.5, 0.6) is 5.75 Å². The lowest BCUT2D eigenvalue weighted by Gasteiger charge is -2.04. The number of carbonyl (C=O) groups excluding carboxylic acids is 2. The highest BCUT2D eigenvalue weighted by atomic mass is 16.5. The number of ether oxygens (including phenoxy) is 1. The zero-order valence-electron chi connectivity index (χ0n) is 9.66. The highest BCUT2D eigenvalue weighted by Crippen LogP contribution is 2.16. The molecule has 0 radical (unpaired) electrons. The lowest BCUT2D eigenvalue weighted by Crippen LogP contribution is -2.12. The molecule has 2 aromatic rings. The van der Waals surface area contributed by atoms with Crippen molar-refractivity contribution in [3.8, 4) is 11.4 Å². The summed E-state index contributed by atoms with van der Waals surface area (Å²) in [4.78, 5) is 21.9. The van der Waals surface area contributed by atoms with Gasteiger partial charge in [-0.1, -0.05) is 0 Å². The fourth-order valence-corrected chi connectivity index (χ4v) is 1.53. The Kier molecular flexibility index (Phi) is 3.09. The largest absolute Gasteiger partial charge is 0.497 e. The summed E-state index contributed by atoms with van der Waals surface area (Å²) in [6.45, 7) is 0. The number of aromatic nitrogens is 2. The van der Waals surface area contributed by atoms with Gasteiger partial charge in [-0.25, -0.2) is 4.68 Å². The van der Waals surface area contributed by atoms with E-state index in [1.165, 1.54) is 10.7 Å². The van der Waals surface area contributed by atoms with E-state index in [-0.39, 0.29) is 11.4 Å². The number of primary amides is 1. The molecule has 0 fully saturated rings. The van der Waals surface area contributed by atoms with Crippen molar-refractivity contribution in [1.29, 1.82) is 0 Å². The van der Waals surface area contributed by atoms with E-state index in [9.17, 15) is 9.59 Å². The second-order valence-corrected chi connectivity index (χ2v) is 3.55. The Labute approximate surface area is 103 Å². The van der Waals surface area contributed by atoms with Crippen molar-refractivity contribution in [2.75, 3.05) is 7.11 Å². The minimum atomic E-state index is -0.676. The van der Waals surface area contributed by atoms with Crippen LogP contribution in [0.1, 0.15) is 21.0 Å². The van der Waals surface area contributed by atoms with Crippen LogP contribution in [-0.2, 0) is 0 Å². The molecule has 0 aliphatic heterocycles. The summed E-state index contributed by atoms with van der Waals surface area (Å²) in [5.41, 5.74) is 6.07. The second-order valence-electron chi connectivity index (χ2n) is 3.55. The normalized spacial score (nSPS) is 10.1. The molecule has 1 heterocycles. The Morgan fingerprint density at radius 3 is 2.56 bits per heavy atom. The van der Waals surface area contributed by atoms with Crippen LogP contribution in [0.4, 0.5) is 0 Å². The predicted molar refractivity (Wildman–Crippen MR) is 64.0 cm³/mol. The third-order valence-electron chi connectivity index (χ3n) is 2.43. The van der Waals surface area contributed by atoms with Gasteiger partial charge in [0.05, 0.1) is 12.8 Å². The molecule has 0 spiro atoms. The van der Waals surface area contributed by atoms with Gasteiger partial charge in [0.25, 0.3) is 5.91 Å². The minimum absolute atomic E-state index is 0.0490. The standard InChI is InChI=1S/C12H11N3O3/c1-18-10-4-2-8(3-5-10)15-9(7-16)6-11(14-15)12(13)17/h2-7H,1H3,(H2,13,17). The predicted octanol–water partition coefficient (Wildman–Crippen LogP) is 0.792. The van der Waals surface area contributed by atoms with E-state index in [1.54, 1.807) is 31.4 Å².